The fourth-order valence-electron chi connectivity index (χ4n) is 6.24. The van der Waals surface area contributed by atoms with Crippen LogP contribution in [0.5, 0.6) is 0 Å². The molecule has 18 nitrogen and oxygen atoms in total. The number of nitrogens with one attached hydrogen (secondary N) is 1. The van der Waals surface area contributed by atoms with Crippen LogP contribution in [0.3, 0.4) is 0 Å². The monoisotopic (exact) mass is 998 g/mol. The fraction of sp³-hybridized carbons (Fsp3) is 0.217. The van der Waals surface area contributed by atoms with E-state index < -0.39 is 24.0 Å². The maximum atomic E-state index is 11.8. The van der Waals surface area contributed by atoms with Gasteiger partial charge in [-0.1, -0.05) is 108 Å². The number of carboxylic acids is 1. The number of hydrogen-bond donors (Lipinski definition) is 2. The number of hydrogen-bond acceptors (Lipinski definition) is 14. The van der Waals surface area contributed by atoms with E-state index in [4.69, 9.17) is 54.1 Å². The Hall–Kier alpha value is -6.25. The third-order valence-electron chi connectivity index (χ3n) is 9.05. The maximum absolute atomic E-state index is 11.8. The summed E-state index contributed by atoms with van der Waals surface area (Å²) in [4.78, 5) is 57.5. The van der Waals surface area contributed by atoms with E-state index in [0.717, 1.165) is 17.1 Å². The summed E-state index contributed by atoms with van der Waals surface area (Å²) in [5.74, 6) is -2.34. The molecule has 0 radical (unpaired) electrons. The van der Waals surface area contributed by atoms with Gasteiger partial charge in [0.25, 0.3) is 0 Å². The largest absolute Gasteiger partial charge is 1.00 e. The van der Waals surface area contributed by atoms with Crippen LogP contribution in [0.2, 0.25) is 10.3 Å². The van der Waals surface area contributed by atoms with Crippen molar-refractivity contribution in [2.24, 2.45) is 5.10 Å². The number of nitrogens with zero attached hydrogens (tertiary/aromatic N) is 7. The molecule has 2 aliphatic rings. The van der Waals surface area contributed by atoms with Gasteiger partial charge >= 0.3 is 53.4 Å². The van der Waals surface area contributed by atoms with Crippen molar-refractivity contribution in [1.82, 2.24) is 25.0 Å². The molecule has 68 heavy (non-hydrogen) atoms. The summed E-state index contributed by atoms with van der Waals surface area (Å²) in [6.45, 7) is 6.26. The Labute approximate surface area is 428 Å². The molecule has 22 heteroatoms. The van der Waals surface area contributed by atoms with Crippen LogP contribution in [-0.4, -0.2) is 97.0 Å². The van der Waals surface area contributed by atoms with Gasteiger partial charge in [0, 0.05) is 18.6 Å². The smallest absolute Gasteiger partial charge is 0.870 e. The Balaban J connectivity index is 0.000000238. The molecule has 0 saturated carbocycles. The zero-order valence-electron chi connectivity index (χ0n) is 37.3. The molecule has 2 atom stereocenters. The van der Waals surface area contributed by atoms with Gasteiger partial charge in [-0.2, -0.15) is 15.3 Å². The molecule has 352 valence electrons. The van der Waals surface area contributed by atoms with Crippen molar-refractivity contribution in [1.29, 1.82) is 0 Å². The number of aromatic nitrogens is 4. The van der Waals surface area contributed by atoms with Gasteiger partial charge in [-0.15, -0.1) is 0 Å². The summed E-state index contributed by atoms with van der Waals surface area (Å²) in [6.07, 6.45) is 0.531. The summed E-state index contributed by atoms with van der Waals surface area (Å²) < 4.78 is 17.7. The number of esters is 3. The molecule has 2 aromatic heterocycles. The number of aromatic carboxylic acids is 1. The fourth-order valence-corrected chi connectivity index (χ4v) is 6.82. The Bertz CT molecular complexity index is 2590. The standard InChI is InChI=1S/C12H13ClN2O2.C12H11ClN2O2.C12H14N2O3.C10H7ClN2O2.Na.H2O/c2*1-2-17-12(16)10-8-11(13)14-15(10)9-6-4-3-5-7-9;1-2-17-12(16)10-8-11(15)13-14(10)9-6-4-3-5-7-9;11-9-6-8(10(14)15)13(12-9)7-4-2-1-3-5-7;;/h3-7,10H,2,8H2,1H3;3-8H,2H2,1H3;3-7,10H,2,8H2,1H3,(H,13,15);1-6H,(H,14,15);;1H2/q;;;;+1;/p-1. The Kier molecular flexibility index (Phi) is 23.2. The molecule has 0 aliphatic carbocycles. The number of ether oxygens (including phenoxy) is 3. The van der Waals surface area contributed by atoms with E-state index in [2.05, 4.69) is 20.7 Å². The molecule has 1 saturated heterocycles. The number of hydrazone groups is 1. The van der Waals surface area contributed by atoms with Gasteiger partial charge in [0.05, 0.1) is 49.0 Å². The second kappa shape index (κ2) is 28.2. The number of carbonyl (C=O) groups is 5. The number of benzene rings is 4. The number of anilines is 2. The number of halogens is 3. The molecule has 8 rings (SSSR count). The first-order valence-electron chi connectivity index (χ1n) is 20.4. The number of carboxylic acid groups (broad SMARTS) is 1. The van der Waals surface area contributed by atoms with Crippen LogP contribution in [0.15, 0.2) is 139 Å². The molecule has 1 fully saturated rings. The quantitative estimate of drug-likeness (QED) is 0.0990. The van der Waals surface area contributed by atoms with Gasteiger partial charge in [-0.05, 0) is 69.3 Å². The first kappa shape index (κ1) is 56.1. The van der Waals surface area contributed by atoms with Crippen molar-refractivity contribution in [3.05, 3.63) is 155 Å². The zero-order chi connectivity index (χ0) is 47.6. The molecule has 3 N–H and O–H groups in total. The van der Waals surface area contributed by atoms with Crippen molar-refractivity contribution in [2.75, 3.05) is 29.8 Å². The summed E-state index contributed by atoms with van der Waals surface area (Å²) in [7, 11) is 0. The summed E-state index contributed by atoms with van der Waals surface area (Å²) in [5.41, 5.74) is 6.07. The van der Waals surface area contributed by atoms with Gasteiger partial charge in [0.15, 0.2) is 33.8 Å². The minimum Gasteiger partial charge on any atom is -0.870 e. The van der Waals surface area contributed by atoms with Crippen LogP contribution in [0.25, 0.3) is 11.4 Å². The van der Waals surface area contributed by atoms with Gasteiger partial charge in [-0.25, -0.2) is 33.6 Å². The van der Waals surface area contributed by atoms with Crippen molar-refractivity contribution in [3.8, 4) is 11.4 Å². The third kappa shape index (κ3) is 15.7. The minimum atomic E-state index is -1.06. The van der Waals surface area contributed by atoms with E-state index in [1.54, 1.807) is 55.1 Å². The van der Waals surface area contributed by atoms with Crippen molar-refractivity contribution in [2.45, 2.75) is 45.7 Å². The molecular formula is C46H46Cl3N8NaO10. The molecule has 2 unspecified atom stereocenters. The van der Waals surface area contributed by atoms with Crippen molar-refractivity contribution in [3.63, 3.8) is 0 Å². The topological polar surface area (TPSA) is 230 Å². The van der Waals surface area contributed by atoms with Crippen LogP contribution in [-0.2, 0) is 28.6 Å². The zero-order valence-corrected chi connectivity index (χ0v) is 41.6. The van der Waals surface area contributed by atoms with Gasteiger partial charge in [0.2, 0.25) is 5.91 Å². The summed E-state index contributed by atoms with van der Waals surface area (Å²) in [6, 6.07) is 38.7. The van der Waals surface area contributed by atoms with E-state index >= 15 is 0 Å². The van der Waals surface area contributed by atoms with E-state index in [1.807, 2.05) is 97.1 Å². The van der Waals surface area contributed by atoms with Crippen molar-refractivity contribution < 1.29 is 78.3 Å². The summed E-state index contributed by atoms with van der Waals surface area (Å²) in [5, 5.41) is 25.1. The molecule has 4 aromatic carbocycles. The van der Waals surface area contributed by atoms with Gasteiger partial charge < -0.3 is 24.8 Å². The Morgan fingerprint density at radius 3 is 1.49 bits per heavy atom. The molecule has 1 amide bonds. The molecule has 2 aliphatic heterocycles. The van der Waals surface area contributed by atoms with Crippen LogP contribution in [0, 0.1) is 0 Å². The average Bonchev–Trinajstić information content (AvgIpc) is 4.13. The van der Waals surface area contributed by atoms with Gasteiger partial charge in [0.1, 0.15) is 5.17 Å². The number of hydrazine groups is 1. The number of carbonyl (C=O) groups excluding carboxylic acids is 4. The molecule has 4 heterocycles. The van der Waals surface area contributed by atoms with Gasteiger partial charge in [-0.3, -0.25) is 15.2 Å². The average molecular weight is 1000 g/mol. The van der Waals surface area contributed by atoms with E-state index in [1.165, 1.54) is 21.5 Å². The minimum absolute atomic E-state index is 0. The third-order valence-corrected chi connectivity index (χ3v) is 9.64. The SMILES string of the molecule is CCOC(=O)C1CC(=O)NN1c1ccccc1.CCOC(=O)C1CC(Cl)=NN1c1ccccc1.CCOC(=O)c1cc(Cl)nn1-c1ccccc1.O=C(O)c1cc(Cl)nn1-c1ccccc1.[Na+].[OH-]. The predicted octanol–water partition coefficient (Wildman–Crippen LogP) is 4.99. The number of para-hydroxylation sites is 4. The van der Waals surface area contributed by atoms with E-state index in [-0.39, 0.29) is 75.3 Å². The van der Waals surface area contributed by atoms with E-state index in [0.29, 0.717) is 42.8 Å². The second-order valence-electron chi connectivity index (χ2n) is 13.6. The second-order valence-corrected chi connectivity index (χ2v) is 14.8. The maximum Gasteiger partial charge on any atom is 1.00 e. The first-order valence-corrected chi connectivity index (χ1v) is 21.5. The molecule has 0 bridgehead atoms. The molecular weight excluding hydrogens is 954 g/mol. The number of rotatable bonds is 11. The first-order chi connectivity index (χ1) is 31.8. The van der Waals surface area contributed by atoms with Crippen LogP contribution < -0.4 is 45.0 Å². The Morgan fingerprint density at radius 2 is 1.03 bits per heavy atom. The number of amides is 1. The van der Waals surface area contributed by atoms with Crippen LogP contribution >= 0.6 is 34.8 Å². The van der Waals surface area contributed by atoms with Crippen LogP contribution in [0.1, 0.15) is 54.6 Å². The molecule has 6 aromatic rings. The van der Waals surface area contributed by atoms with Crippen molar-refractivity contribution >= 4 is 81.1 Å². The molecule has 0 spiro atoms. The normalized spacial score (nSPS) is 14.3. The van der Waals surface area contributed by atoms with Crippen LogP contribution in [0.4, 0.5) is 11.4 Å². The summed E-state index contributed by atoms with van der Waals surface area (Å²) >= 11 is 17.4. The predicted molar refractivity (Wildman–Crippen MR) is 251 cm³/mol. The van der Waals surface area contributed by atoms with E-state index in [9.17, 15) is 24.0 Å². The Morgan fingerprint density at radius 1 is 0.618 bits per heavy atom.